The highest BCUT2D eigenvalue weighted by Crippen LogP contribution is 2.10. The summed E-state index contributed by atoms with van der Waals surface area (Å²) in [5.74, 6) is 0. The molecule has 2 nitrogen and oxygen atoms in total. The average Bonchev–Trinajstić information content (AvgIpc) is 2.40. The van der Waals surface area contributed by atoms with Crippen LogP contribution in [0.5, 0.6) is 0 Å². The van der Waals surface area contributed by atoms with Crippen molar-refractivity contribution in [3.8, 4) is 0 Å². The van der Waals surface area contributed by atoms with Crippen LogP contribution in [0.15, 0.2) is 12.7 Å². The number of unbranched alkanes of at least 4 members (excludes halogenated alkanes) is 9. The van der Waals surface area contributed by atoms with Gasteiger partial charge in [0.25, 0.3) is 0 Å². The Balaban J connectivity index is -0.000000240. The van der Waals surface area contributed by atoms with Gasteiger partial charge in [-0.1, -0.05) is 64.4 Å². The van der Waals surface area contributed by atoms with E-state index >= 15 is 0 Å². The molecule has 0 aliphatic heterocycles. The van der Waals surface area contributed by atoms with Gasteiger partial charge in [0.1, 0.15) is 0 Å². The minimum Gasteiger partial charge on any atom is -1.00 e. The first kappa shape index (κ1) is 30.2. The van der Waals surface area contributed by atoms with Gasteiger partial charge >= 0.3 is 0 Å². The normalized spacial score (nSPS) is 9.86. The fourth-order valence-corrected chi connectivity index (χ4v) is 2.07. The molecular weight excluding hydrogens is 315 g/mol. The Bertz CT molecular complexity index is 192. The smallest absolute Gasteiger partial charge is 0.0780 e. The number of hydrogen-bond acceptors (Lipinski definition) is 1. The van der Waals surface area contributed by atoms with E-state index in [9.17, 15) is 0 Å². The van der Waals surface area contributed by atoms with Gasteiger partial charge in [0.15, 0.2) is 0 Å². The van der Waals surface area contributed by atoms with Crippen molar-refractivity contribution in [2.24, 2.45) is 5.73 Å². The molecule has 2 N–H and O–H groups in total. The molecule has 0 atom stereocenters. The molecule has 0 bridgehead atoms. The van der Waals surface area contributed by atoms with Crippen molar-refractivity contribution in [3.63, 3.8) is 0 Å². The van der Waals surface area contributed by atoms with E-state index in [2.05, 4.69) is 34.6 Å². The van der Waals surface area contributed by atoms with E-state index < -0.39 is 0 Å². The van der Waals surface area contributed by atoms with Gasteiger partial charge in [-0.3, -0.25) is 0 Å². The van der Waals surface area contributed by atoms with Crippen LogP contribution in [0, 0.1) is 0 Å². The summed E-state index contributed by atoms with van der Waals surface area (Å²) >= 11 is 0. The van der Waals surface area contributed by atoms with Crippen molar-refractivity contribution >= 4 is 12.4 Å². The summed E-state index contributed by atoms with van der Waals surface area (Å²) in [5.41, 5.74) is 4.91. The summed E-state index contributed by atoms with van der Waals surface area (Å²) in [4.78, 5) is 0. The van der Waals surface area contributed by atoms with E-state index in [-0.39, 0.29) is 24.8 Å². The summed E-state index contributed by atoms with van der Waals surface area (Å²) in [5, 5.41) is 0. The van der Waals surface area contributed by atoms with E-state index in [0.717, 1.165) is 4.48 Å². The third-order valence-electron chi connectivity index (χ3n) is 3.35. The van der Waals surface area contributed by atoms with Crippen molar-refractivity contribution < 1.29 is 16.9 Å². The van der Waals surface area contributed by atoms with Crippen molar-refractivity contribution in [2.75, 3.05) is 34.2 Å². The second kappa shape index (κ2) is 23.5. The van der Waals surface area contributed by atoms with Gasteiger partial charge in [-0.15, -0.1) is 19.0 Å². The highest BCUT2D eigenvalue weighted by molar-refractivity contribution is 5.85. The Hall–Kier alpha value is 0.240. The van der Waals surface area contributed by atoms with Crippen LogP contribution < -0.4 is 18.1 Å². The fraction of sp³-hybridized carbons (Fsp3) is 0.889. The van der Waals surface area contributed by atoms with Crippen molar-refractivity contribution in [1.29, 1.82) is 0 Å². The van der Waals surface area contributed by atoms with E-state index in [4.69, 9.17) is 5.73 Å². The first-order valence-corrected chi connectivity index (χ1v) is 8.59. The van der Waals surface area contributed by atoms with Crippen LogP contribution in [0.4, 0.5) is 0 Å². The Labute approximate surface area is 153 Å². The van der Waals surface area contributed by atoms with Gasteiger partial charge in [0.05, 0.1) is 27.7 Å². The molecule has 0 saturated carbocycles. The third-order valence-corrected chi connectivity index (χ3v) is 3.35. The minimum absolute atomic E-state index is 0. The molecule has 0 heterocycles. The van der Waals surface area contributed by atoms with E-state index in [1.807, 2.05) is 0 Å². The second-order valence-corrected chi connectivity index (χ2v) is 6.72. The van der Waals surface area contributed by atoms with Gasteiger partial charge < -0.3 is 22.6 Å². The molecule has 0 amide bonds. The Morgan fingerprint density at radius 1 is 0.818 bits per heavy atom. The lowest BCUT2D eigenvalue weighted by atomic mass is 10.1. The summed E-state index contributed by atoms with van der Waals surface area (Å²) in [7, 11) is 6.86. The predicted molar refractivity (Wildman–Crippen MR) is 101 cm³/mol. The molecule has 0 aromatic carbocycles. The molecule has 0 aromatic heterocycles. The second-order valence-electron chi connectivity index (χ2n) is 6.72. The van der Waals surface area contributed by atoms with Crippen molar-refractivity contribution in [1.82, 2.24) is 0 Å². The number of nitrogens with zero attached hydrogens (tertiary/aromatic N) is 1. The minimum atomic E-state index is 0. The van der Waals surface area contributed by atoms with Gasteiger partial charge in [0, 0.05) is 6.54 Å². The van der Waals surface area contributed by atoms with E-state index in [1.54, 1.807) is 6.08 Å². The number of hydrogen-bond donors (Lipinski definition) is 1. The zero-order chi connectivity index (χ0) is 15.7. The van der Waals surface area contributed by atoms with Gasteiger partial charge in [-0.25, -0.2) is 0 Å². The standard InChI is InChI=1S/C15H34N.C3H7N.2ClH/c1-5-6-7-8-9-10-11-12-13-14-15-16(2,3)4;1-2-3-4;;/h5-15H2,1-4H3;2H,1,3-4H2;2*1H/q+1;;;/p-1. The average molecular weight is 357 g/mol. The molecule has 0 aromatic rings. The van der Waals surface area contributed by atoms with Crippen LogP contribution in [-0.4, -0.2) is 38.7 Å². The zero-order valence-corrected chi connectivity index (χ0v) is 17.2. The van der Waals surface area contributed by atoms with Crippen molar-refractivity contribution in [2.45, 2.75) is 71.1 Å². The summed E-state index contributed by atoms with van der Waals surface area (Å²) in [6.07, 6.45) is 16.1. The van der Waals surface area contributed by atoms with Crippen LogP contribution >= 0.6 is 12.4 Å². The Kier molecular flexibility index (Phi) is 32.2. The molecule has 138 valence electrons. The van der Waals surface area contributed by atoms with Crippen LogP contribution in [0.2, 0.25) is 0 Å². The number of nitrogens with two attached hydrogens (primary N) is 1. The summed E-state index contributed by atoms with van der Waals surface area (Å²) < 4.78 is 1.12. The van der Waals surface area contributed by atoms with Crippen LogP contribution in [0.3, 0.4) is 0 Å². The van der Waals surface area contributed by atoms with Gasteiger partial charge in [-0.2, -0.15) is 0 Å². The maximum Gasteiger partial charge on any atom is 0.0780 e. The summed E-state index contributed by atoms with van der Waals surface area (Å²) in [6.45, 7) is 7.55. The number of rotatable bonds is 12. The maximum atomic E-state index is 4.91. The molecule has 0 aliphatic rings. The molecule has 0 radical (unpaired) electrons. The molecule has 4 heteroatoms. The maximum absolute atomic E-state index is 4.91. The molecular formula is C18H42Cl2N2. The van der Waals surface area contributed by atoms with Gasteiger partial charge in [0.2, 0.25) is 0 Å². The zero-order valence-electron chi connectivity index (χ0n) is 15.6. The summed E-state index contributed by atoms with van der Waals surface area (Å²) in [6, 6.07) is 0. The SMILES string of the molecule is C=CCN.CCCCCCCCCCCC[N+](C)(C)C.Cl.[Cl-]. The number of quaternary nitrogens is 1. The highest BCUT2D eigenvalue weighted by atomic mass is 35.5. The molecule has 0 rings (SSSR count). The Morgan fingerprint density at radius 3 is 1.41 bits per heavy atom. The quantitative estimate of drug-likeness (QED) is 0.323. The first-order valence-electron chi connectivity index (χ1n) is 8.59. The monoisotopic (exact) mass is 356 g/mol. The Morgan fingerprint density at radius 2 is 1.14 bits per heavy atom. The van der Waals surface area contributed by atoms with Crippen LogP contribution in [-0.2, 0) is 0 Å². The molecule has 0 fully saturated rings. The predicted octanol–water partition coefficient (Wildman–Crippen LogP) is 2.17. The fourth-order valence-electron chi connectivity index (χ4n) is 2.07. The lowest BCUT2D eigenvalue weighted by Gasteiger charge is -2.23. The molecule has 0 saturated heterocycles. The molecule has 22 heavy (non-hydrogen) atoms. The lowest BCUT2D eigenvalue weighted by Crippen LogP contribution is -3.00. The molecule has 0 aliphatic carbocycles. The number of halogens is 2. The van der Waals surface area contributed by atoms with Gasteiger partial charge in [-0.05, 0) is 12.8 Å². The topological polar surface area (TPSA) is 26.0 Å². The highest BCUT2D eigenvalue weighted by Gasteiger charge is 2.04. The van der Waals surface area contributed by atoms with E-state index in [1.165, 1.54) is 70.8 Å². The third kappa shape index (κ3) is 36.9. The van der Waals surface area contributed by atoms with Crippen LogP contribution in [0.25, 0.3) is 0 Å². The van der Waals surface area contributed by atoms with Crippen molar-refractivity contribution in [3.05, 3.63) is 12.7 Å². The lowest BCUT2D eigenvalue weighted by molar-refractivity contribution is -0.870. The molecule has 0 unspecified atom stereocenters. The van der Waals surface area contributed by atoms with Crippen LogP contribution in [0.1, 0.15) is 71.1 Å². The first-order chi connectivity index (χ1) is 9.47. The largest absolute Gasteiger partial charge is 1.00 e. The molecule has 0 spiro atoms. The van der Waals surface area contributed by atoms with E-state index in [0.29, 0.717) is 6.54 Å².